The van der Waals surface area contributed by atoms with Crippen LogP contribution in [0.25, 0.3) is 0 Å². The SMILES string of the molecule is [C-]#N.[C-]#N.[C-]#N.[C-]#N.[C-]#N.[C-]#N.[Ni+2].[O]=[Zr]=[Fe]. The van der Waals surface area contributed by atoms with E-state index in [-0.39, 0.29) is 16.5 Å². The van der Waals surface area contributed by atoms with Crippen molar-refractivity contribution in [3.63, 3.8) is 0 Å². The molecule has 0 unspecified atom stereocenters. The Hall–Kier alpha value is -1.36. The molecule has 16 heavy (non-hydrogen) atoms. The van der Waals surface area contributed by atoms with Crippen LogP contribution < -0.4 is 0 Å². The minimum atomic E-state index is -1.27. The van der Waals surface area contributed by atoms with E-state index in [4.69, 9.17) is 73.8 Å². The second-order valence-electron chi connectivity index (χ2n) is 0.0722. The summed E-state index contributed by atoms with van der Waals surface area (Å²) in [5.74, 6) is 0. The minimum absolute atomic E-state index is 0. The molecule has 0 amide bonds. The second-order valence-corrected chi connectivity index (χ2v) is 1.76. The molecule has 0 saturated carbocycles. The Morgan fingerprint density at radius 1 is 0.625 bits per heavy atom. The quantitative estimate of drug-likeness (QED) is 0.437. The van der Waals surface area contributed by atoms with Gasteiger partial charge in [-0.3, -0.25) is 0 Å². The molecule has 0 aromatic carbocycles. The second kappa shape index (κ2) is 16400. The van der Waals surface area contributed by atoms with Gasteiger partial charge in [0.2, 0.25) is 0 Å². The fourth-order valence-electron chi connectivity index (χ4n) is 0. The van der Waals surface area contributed by atoms with Gasteiger partial charge in [0.05, 0.1) is 0 Å². The number of nitrogens with zero attached hydrogens (tertiary/aromatic N) is 6. The zero-order chi connectivity index (χ0) is 14.7. The van der Waals surface area contributed by atoms with E-state index in [9.17, 15) is 0 Å². The molecule has 7 nitrogen and oxygen atoms in total. The van der Waals surface area contributed by atoms with E-state index in [1.165, 1.54) is 0 Å². The summed E-state index contributed by atoms with van der Waals surface area (Å²) in [7, 11) is 0. The van der Waals surface area contributed by atoms with Crippen molar-refractivity contribution in [2.45, 2.75) is 0 Å². The summed E-state index contributed by atoms with van der Waals surface area (Å²) in [4.78, 5) is 0. The van der Waals surface area contributed by atoms with Crippen molar-refractivity contribution in [2.75, 3.05) is 0 Å². The van der Waals surface area contributed by atoms with Crippen LogP contribution in [0, 0.1) is 71.0 Å². The fourth-order valence-corrected chi connectivity index (χ4v) is 0. The Kier molecular flexibility index (Phi) is 63500. The van der Waals surface area contributed by atoms with Crippen LogP contribution in [0.5, 0.6) is 0 Å². The maximum absolute atomic E-state index is 8.99. The molecular weight excluding hydrogens is 378 g/mol. The molecule has 10 heteroatoms. The van der Waals surface area contributed by atoms with Crippen LogP contribution in [0.15, 0.2) is 0 Å². The Morgan fingerprint density at radius 2 is 0.625 bits per heavy atom. The number of hydrogen-bond acceptors (Lipinski definition) is 7. The van der Waals surface area contributed by atoms with Gasteiger partial charge in [-0.2, -0.15) is 0 Å². The summed E-state index contributed by atoms with van der Waals surface area (Å²) in [6.07, 6.45) is 0. The van der Waals surface area contributed by atoms with Gasteiger partial charge in [0.1, 0.15) is 0 Å². The maximum atomic E-state index is 8.99. The Bertz CT molecular complexity index is 168. The van der Waals surface area contributed by atoms with Crippen molar-refractivity contribution >= 4 is 0 Å². The Morgan fingerprint density at radius 3 is 0.625 bits per heavy atom. The molecule has 0 bridgehead atoms. The van der Waals surface area contributed by atoms with Gasteiger partial charge in [-0.25, -0.2) is 0 Å². The molecule has 0 fully saturated rings. The third-order valence-electron chi connectivity index (χ3n) is 0. The van der Waals surface area contributed by atoms with Crippen molar-refractivity contribution in [1.29, 1.82) is 31.6 Å². The zero-order valence-corrected chi connectivity index (χ0v) is 11.8. The molecule has 0 aliphatic heterocycles. The topological polar surface area (TPSA) is 160 Å². The molecule has 0 N–H and O–H groups in total. The molecule has 0 aromatic rings. The monoisotopic (exact) mass is 376 g/mol. The summed E-state index contributed by atoms with van der Waals surface area (Å²) in [5, 5.41) is 37.5. The van der Waals surface area contributed by atoms with Gasteiger partial charge in [-0.05, 0) is 0 Å². The summed E-state index contributed by atoms with van der Waals surface area (Å²) in [6.45, 7) is 28.5. The average Bonchev–Trinajstić information content (AvgIpc) is 2.44. The van der Waals surface area contributed by atoms with Gasteiger partial charge >= 0.3 is 51.3 Å². The Labute approximate surface area is 121 Å². The predicted molar refractivity (Wildman–Crippen MR) is 30.5 cm³/mol. The van der Waals surface area contributed by atoms with Crippen LogP contribution in [0.4, 0.5) is 0 Å². The Balaban J connectivity index is -0.00000000777. The summed E-state index contributed by atoms with van der Waals surface area (Å²) in [6, 6.07) is 0. The summed E-state index contributed by atoms with van der Waals surface area (Å²) < 4.78 is 8.99. The fraction of sp³-hybridized carbons (Fsp3) is 0. The zero-order valence-electron chi connectivity index (χ0n) is 7.26. The van der Waals surface area contributed by atoms with E-state index in [0.29, 0.717) is 0 Å². The van der Waals surface area contributed by atoms with E-state index in [2.05, 4.69) is 11.7 Å². The molecule has 0 aromatic heterocycles. The van der Waals surface area contributed by atoms with Crippen LogP contribution in [0.1, 0.15) is 0 Å². The average molecular weight is 378 g/mol. The van der Waals surface area contributed by atoms with Gasteiger partial charge in [0.15, 0.2) is 0 Å². The van der Waals surface area contributed by atoms with E-state index < -0.39 is 20.3 Å². The van der Waals surface area contributed by atoms with E-state index in [0.717, 1.165) is 0 Å². The van der Waals surface area contributed by atoms with Crippen LogP contribution in [-0.2, 0) is 51.3 Å². The van der Waals surface area contributed by atoms with Crippen molar-refractivity contribution in [3.8, 4) is 0 Å². The van der Waals surface area contributed by atoms with Crippen molar-refractivity contribution in [3.05, 3.63) is 39.4 Å². The molecule has 0 heterocycles. The van der Waals surface area contributed by atoms with Crippen molar-refractivity contribution in [1.82, 2.24) is 0 Å². The standard InChI is InChI=1S/6CN.Fe.Ni.O.Zr/c6*1-2;;;;/q6*-1;;+2;;. The number of hydrogen-bond donors (Lipinski definition) is 0. The molecule has 86 valence electrons. The first kappa shape index (κ1) is 61.8. The molecule has 0 atom stereocenters. The van der Waals surface area contributed by atoms with Gasteiger partial charge in [0, 0.05) is 0 Å². The molecule has 0 radical (unpaired) electrons. The molecule has 0 aliphatic rings. The van der Waals surface area contributed by atoms with E-state index in [1.54, 1.807) is 0 Å². The van der Waals surface area contributed by atoms with Gasteiger partial charge in [0.25, 0.3) is 0 Å². The molecule has 0 aliphatic carbocycles. The third kappa shape index (κ3) is 920. The predicted octanol–water partition coefficient (Wildman–Crippen LogP) is 0.452. The molecular formula is C6FeN6NiOZr-4. The molecule has 0 rings (SSSR count). The first-order valence-corrected chi connectivity index (χ1v) is 6.86. The molecule has 0 spiro atoms. The van der Waals surface area contributed by atoms with Crippen LogP contribution >= 0.6 is 0 Å². The first-order valence-electron chi connectivity index (χ1n) is 1.72. The van der Waals surface area contributed by atoms with Crippen molar-refractivity contribution in [2.24, 2.45) is 0 Å². The summed E-state index contributed by atoms with van der Waals surface area (Å²) in [5.41, 5.74) is 0. The van der Waals surface area contributed by atoms with Crippen LogP contribution in [-0.4, -0.2) is 0 Å². The van der Waals surface area contributed by atoms with Gasteiger partial charge in [-0.1, -0.05) is 0 Å². The normalized spacial score (nSPS) is 1.31. The van der Waals surface area contributed by atoms with E-state index >= 15 is 0 Å². The van der Waals surface area contributed by atoms with Gasteiger partial charge in [-0.15, -0.1) is 0 Å². The molecule has 0 saturated heterocycles. The first-order chi connectivity index (χ1) is 7.41. The summed E-state index contributed by atoms with van der Waals surface area (Å²) >= 11 is 1.83. The van der Waals surface area contributed by atoms with Crippen LogP contribution in [0.2, 0.25) is 0 Å². The van der Waals surface area contributed by atoms with Crippen molar-refractivity contribution < 1.29 is 51.3 Å². The van der Waals surface area contributed by atoms with E-state index in [1.807, 2.05) is 0 Å². The third-order valence-corrected chi connectivity index (χ3v) is 0. The van der Waals surface area contributed by atoms with Gasteiger partial charge < -0.3 is 71.0 Å². The van der Waals surface area contributed by atoms with Crippen LogP contribution in [0.3, 0.4) is 0 Å². The number of rotatable bonds is 0.